The highest BCUT2D eigenvalue weighted by Crippen LogP contribution is 2.18. The summed E-state index contributed by atoms with van der Waals surface area (Å²) in [5.74, 6) is -0.535. The van der Waals surface area contributed by atoms with Crippen LogP contribution in [0.4, 0.5) is 0 Å². The Morgan fingerprint density at radius 1 is 0.794 bits per heavy atom. The summed E-state index contributed by atoms with van der Waals surface area (Å²) in [5, 5.41) is 5.87. The third-order valence-electron chi connectivity index (χ3n) is 5.57. The van der Waals surface area contributed by atoms with Gasteiger partial charge in [0.15, 0.2) is 0 Å². The van der Waals surface area contributed by atoms with Crippen molar-refractivity contribution in [3.05, 3.63) is 93.7 Å². The number of carbonyl (C=O) groups is 2. The van der Waals surface area contributed by atoms with E-state index in [2.05, 4.69) is 22.8 Å². The van der Waals surface area contributed by atoms with Gasteiger partial charge in [-0.05, 0) is 55.5 Å². The first kappa shape index (κ1) is 25.6. The molecular weight excluding hydrogens is 444 g/mol. The minimum Gasteiger partial charge on any atom is -0.354 e. The third-order valence-corrected chi connectivity index (χ3v) is 6.77. The van der Waals surface area contributed by atoms with E-state index in [-0.39, 0.29) is 11.8 Å². The molecule has 3 rings (SSSR count). The van der Waals surface area contributed by atoms with Crippen molar-refractivity contribution in [2.24, 2.45) is 11.5 Å². The normalized spacial score (nSPS) is 12.6. The Balaban J connectivity index is 1.57. The fraction of sp³-hybridized carbons (Fsp3) is 0.333. The van der Waals surface area contributed by atoms with Gasteiger partial charge in [0.05, 0.1) is 6.04 Å². The van der Waals surface area contributed by atoms with E-state index in [1.165, 1.54) is 9.75 Å². The zero-order valence-electron chi connectivity index (χ0n) is 19.4. The van der Waals surface area contributed by atoms with Gasteiger partial charge in [-0.1, -0.05) is 60.7 Å². The number of aryl methyl sites for hydroxylation is 1. The van der Waals surface area contributed by atoms with Crippen molar-refractivity contribution >= 4 is 23.2 Å². The highest BCUT2D eigenvalue weighted by molar-refractivity contribution is 7.12. The predicted molar refractivity (Wildman–Crippen MR) is 139 cm³/mol. The van der Waals surface area contributed by atoms with E-state index in [1.807, 2.05) is 60.7 Å². The minimum atomic E-state index is -0.730. The van der Waals surface area contributed by atoms with E-state index < -0.39 is 12.1 Å². The summed E-state index contributed by atoms with van der Waals surface area (Å²) in [4.78, 5) is 28.4. The number of rotatable bonds is 13. The molecule has 6 nitrogen and oxygen atoms in total. The average Bonchev–Trinajstić information content (AvgIpc) is 3.31. The number of nitrogens with two attached hydrogens (primary N) is 2. The van der Waals surface area contributed by atoms with Crippen LogP contribution in [0.15, 0.2) is 72.8 Å². The highest BCUT2D eigenvalue weighted by Gasteiger charge is 2.24. The van der Waals surface area contributed by atoms with Crippen molar-refractivity contribution in [2.75, 3.05) is 13.1 Å². The zero-order chi connectivity index (χ0) is 24.2. The molecule has 0 aliphatic rings. The van der Waals surface area contributed by atoms with Gasteiger partial charge in [0.1, 0.15) is 6.04 Å². The summed E-state index contributed by atoms with van der Waals surface area (Å²) >= 11 is 1.76. The number of hydrogen-bond donors (Lipinski definition) is 4. The van der Waals surface area contributed by atoms with Gasteiger partial charge in [-0.2, -0.15) is 0 Å². The molecule has 2 atom stereocenters. The standard InChI is InChI=1S/C27H34N4O2S/c28-16-7-12-22-13-14-23(34-22)15-17-30-27(33)25(19-21-10-5-2-6-11-21)31-26(32)24(29)18-20-8-3-1-4-9-20/h1-6,8-11,13-14,24-25H,7,12,15-19,28-29H2,(H,30,33)(H,31,32)/t24-,25-/m1/s1. The van der Waals surface area contributed by atoms with Gasteiger partial charge in [0.25, 0.3) is 0 Å². The van der Waals surface area contributed by atoms with Crippen molar-refractivity contribution in [3.63, 3.8) is 0 Å². The van der Waals surface area contributed by atoms with E-state index in [1.54, 1.807) is 11.3 Å². The van der Waals surface area contributed by atoms with Gasteiger partial charge in [0, 0.05) is 22.7 Å². The van der Waals surface area contributed by atoms with Crippen LogP contribution in [0, 0.1) is 0 Å². The minimum absolute atomic E-state index is 0.205. The Kier molecular flexibility index (Phi) is 10.3. The maximum absolute atomic E-state index is 13.0. The van der Waals surface area contributed by atoms with Crippen LogP contribution in [0.5, 0.6) is 0 Å². The monoisotopic (exact) mass is 478 g/mol. The van der Waals surface area contributed by atoms with Crippen molar-refractivity contribution < 1.29 is 9.59 Å². The quantitative estimate of drug-likeness (QED) is 0.303. The Morgan fingerprint density at radius 2 is 1.38 bits per heavy atom. The van der Waals surface area contributed by atoms with E-state index >= 15 is 0 Å². The van der Waals surface area contributed by atoms with Crippen LogP contribution in [-0.2, 0) is 35.3 Å². The number of amides is 2. The molecule has 0 aliphatic heterocycles. The van der Waals surface area contributed by atoms with Gasteiger partial charge in [-0.15, -0.1) is 11.3 Å². The summed E-state index contributed by atoms with van der Waals surface area (Å²) in [6.45, 7) is 1.19. The molecule has 0 aliphatic carbocycles. The molecule has 0 radical (unpaired) electrons. The van der Waals surface area contributed by atoms with E-state index in [9.17, 15) is 9.59 Å². The average molecular weight is 479 g/mol. The van der Waals surface area contributed by atoms with Gasteiger partial charge < -0.3 is 22.1 Å². The van der Waals surface area contributed by atoms with Crippen LogP contribution in [-0.4, -0.2) is 37.0 Å². The molecule has 180 valence electrons. The topological polar surface area (TPSA) is 110 Å². The highest BCUT2D eigenvalue weighted by atomic mass is 32.1. The molecule has 6 N–H and O–H groups in total. The molecule has 0 saturated heterocycles. The molecule has 2 amide bonds. The van der Waals surface area contributed by atoms with Crippen molar-refractivity contribution in [2.45, 2.75) is 44.2 Å². The van der Waals surface area contributed by atoms with E-state index in [0.717, 1.165) is 30.4 Å². The number of thiophene rings is 1. The molecule has 0 unspecified atom stereocenters. The molecule has 3 aromatic rings. The first-order chi connectivity index (χ1) is 16.5. The number of benzene rings is 2. The van der Waals surface area contributed by atoms with Gasteiger partial charge in [-0.3, -0.25) is 9.59 Å². The van der Waals surface area contributed by atoms with Crippen LogP contribution < -0.4 is 22.1 Å². The summed E-state index contributed by atoms with van der Waals surface area (Å²) in [7, 11) is 0. The van der Waals surface area contributed by atoms with Crippen molar-refractivity contribution in [1.29, 1.82) is 0 Å². The Bertz CT molecular complexity index is 1020. The summed E-state index contributed by atoms with van der Waals surface area (Å²) in [6.07, 6.45) is 3.53. The SMILES string of the molecule is NCCCc1ccc(CCNC(=O)[C@@H](Cc2ccccc2)NC(=O)[C@H](N)Cc2ccccc2)s1. The van der Waals surface area contributed by atoms with Crippen LogP contribution in [0.25, 0.3) is 0 Å². The van der Waals surface area contributed by atoms with Gasteiger partial charge >= 0.3 is 0 Å². The Hall–Kier alpha value is -3.00. The van der Waals surface area contributed by atoms with Crippen LogP contribution >= 0.6 is 11.3 Å². The molecule has 7 heteroatoms. The number of hydrogen-bond acceptors (Lipinski definition) is 5. The molecule has 0 spiro atoms. The first-order valence-electron chi connectivity index (χ1n) is 11.7. The fourth-order valence-corrected chi connectivity index (χ4v) is 4.76. The molecule has 0 fully saturated rings. The second-order valence-corrected chi connectivity index (χ2v) is 9.60. The molecule has 0 saturated carbocycles. The molecule has 1 aromatic heterocycles. The van der Waals surface area contributed by atoms with Crippen LogP contribution in [0.2, 0.25) is 0 Å². The zero-order valence-corrected chi connectivity index (χ0v) is 20.2. The maximum atomic E-state index is 13.0. The van der Waals surface area contributed by atoms with Crippen molar-refractivity contribution in [3.8, 4) is 0 Å². The van der Waals surface area contributed by atoms with Crippen LogP contribution in [0.3, 0.4) is 0 Å². The number of carbonyl (C=O) groups excluding carboxylic acids is 2. The second-order valence-electron chi connectivity index (χ2n) is 8.35. The lowest BCUT2D eigenvalue weighted by atomic mass is 10.0. The lowest BCUT2D eigenvalue weighted by molar-refractivity contribution is -0.129. The van der Waals surface area contributed by atoms with E-state index in [0.29, 0.717) is 25.9 Å². The molecule has 34 heavy (non-hydrogen) atoms. The molecular formula is C27H34N4O2S. The molecule has 1 heterocycles. The van der Waals surface area contributed by atoms with Gasteiger partial charge in [0.2, 0.25) is 11.8 Å². The number of nitrogens with one attached hydrogen (secondary N) is 2. The maximum Gasteiger partial charge on any atom is 0.242 e. The molecule has 0 bridgehead atoms. The van der Waals surface area contributed by atoms with Crippen molar-refractivity contribution in [1.82, 2.24) is 10.6 Å². The summed E-state index contributed by atoms with van der Waals surface area (Å²) < 4.78 is 0. The summed E-state index contributed by atoms with van der Waals surface area (Å²) in [5.41, 5.74) is 13.7. The lowest BCUT2D eigenvalue weighted by Crippen LogP contribution is -2.53. The van der Waals surface area contributed by atoms with Gasteiger partial charge in [-0.25, -0.2) is 0 Å². The lowest BCUT2D eigenvalue weighted by Gasteiger charge is -2.21. The molecule has 2 aromatic carbocycles. The third kappa shape index (κ3) is 8.41. The van der Waals surface area contributed by atoms with Crippen LogP contribution in [0.1, 0.15) is 27.3 Å². The summed E-state index contributed by atoms with van der Waals surface area (Å²) in [6, 6.07) is 22.1. The second kappa shape index (κ2) is 13.6. The van der Waals surface area contributed by atoms with E-state index in [4.69, 9.17) is 11.5 Å². The predicted octanol–water partition coefficient (Wildman–Crippen LogP) is 2.60. The Morgan fingerprint density at radius 3 is 2.00 bits per heavy atom. The Labute approximate surface area is 205 Å². The first-order valence-corrected chi connectivity index (χ1v) is 12.6. The largest absolute Gasteiger partial charge is 0.354 e. The fourth-order valence-electron chi connectivity index (χ4n) is 3.70. The smallest absolute Gasteiger partial charge is 0.242 e.